The minimum absolute atomic E-state index is 0.291. The van der Waals surface area contributed by atoms with E-state index < -0.39 is 0 Å². The van der Waals surface area contributed by atoms with E-state index in [-0.39, 0.29) is 0 Å². The molecule has 3 aromatic carbocycles. The van der Waals surface area contributed by atoms with E-state index in [1.165, 1.54) is 17.6 Å². The number of nitrogens with zero attached hydrogens (tertiary/aromatic N) is 4. The van der Waals surface area contributed by atoms with Crippen molar-refractivity contribution in [3.8, 4) is 22.5 Å². The largest absolute Gasteiger partial charge is 0.380 e. The van der Waals surface area contributed by atoms with E-state index in [0.29, 0.717) is 11.9 Å². The van der Waals surface area contributed by atoms with Crippen LogP contribution in [0.5, 0.6) is 0 Å². The first-order valence-electron chi connectivity index (χ1n) is 11.0. The SMILES string of the molecule is c1ccc(-c2cccc3nc(-c4cncnc4)nc(NCC4Cc5ccccc5N4)c23)cc1. The summed E-state index contributed by atoms with van der Waals surface area (Å²) in [5.74, 6) is 1.43. The van der Waals surface area contributed by atoms with E-state index in [4.69, 9.17) is 9.97 Å². The molecular formula is C27H22N6. The van der Waals surface area contributed by atoms with Crippen molar-refractivity contribution in [2.45, 2.75) is 12.5 Å². The summed E-state index contributed by atoms with van der Waals surface area (Å²) in [7, 11) is 0. The summed E-state index contributed by atoms with van der Waals surface area (Å²) < 4.78 is 0. The molecule has 2 N–H and O–H groups in total. The Kier molecular flexibility index (Phi) is 4.88. The summed E-state index contributed by atoms with van der Waals surface area (Å²) in [6.07, 6.45) is 5.99. The molecule has 1 atom stereocenters. The third kappa shape index (κ3) is 3.76. The highest BCUT2D eigenvalue weighted by Gasteiger charge is 2.21. The van der Waals surface area contributed by atoms with Crippen molar-refractivity contribution < 1.29 is 0 Å². The van der Waals surface area contributed by atoms with Crippen molar-refractivity contribution >= 4 is 22.4 Å². The zero-order chi connectivity index (χ0) is 22.0. The number of para-hydroxylation sites is 1. The van der Waals surface area contributed by atoms with Crippen molar-refractivity contribution in [1.29, 1.82) is 0 Å². The summed E-state index contributed by atoms with van der Waals surface area (Å²) in [5, 5.41) is 8.26. The van der Waals surface area contributed by atoms with Crippen LogP contribution < -0.4 is 10.6 Å². The molecule has 33 heavy (non-hydrogen) atoms. The maximum Gasteiger partial charge on any atom is 0.165 e. The van der Waals surface area contributed by atoms with Crippen LogP contribution in [0.2, 0.25) is 0 Å². The van der Waals surface area contributed by atoms with E-state index in [0.717, 1.165) is 46.4 Å². The van der Waals surface area contributed by atoms with E-state index in [9.17, 15) is 0 Å². The zero-order valence-corrected chi connectivity index (χ0v) is 17.9. The summed E-state index contributed by atoms with van der Waals surface area (Å²) in [6.45, 7) is 0.745. The van der Waals surface area contributed by atoms with Crippen molar-refractivity contribution in [2.75, 3.05) is 17.2 Å². The van der Waals surface area contributed by atoms with E-state index >= 15 is 0 Å². The predicted octanol–water partition coefficient (Wildman–Crippen LogP) is 5.20. The van der Waals surface area contributed by atoms with Gasteiger partial charge >= 0.3 is 0 Å². The highest BCUT2D eigenvalue weighted by molar-refractivity contribution is 6.02. The maximum absolute atomic E-state index is 4.94. The summed E-state index contributed by atoms with van der Waals surface area (Å²) in [5.41, 5.74) is 6.48. The Morgan fingerprint density at radius 3 is 2.48 bits per heavy atom. The molecule has 0 radical (unpaired) electrons. The molecule has 0 saturated carbocycles. The molecule has 3 heterocycles. The van der Waals surface area contributed by atoms with Gasteiger partial charge in [-0.1, -0.05) is 60.7 Å². The standard InChI is InChI=1S/C27H22N6/c1-2-7-18(8-3-1)22-10-6-12-24-25(22)27(33-26(32-24)20-14-28-17-29-15-20)30-16-21-13-19-9-4-5-11-23(19)31-21/h1-12,14-15,17,21,31H,13,16H2,(H,30,32,33). The third-order valence-electron chi connectivity index (χ3n) is 5.99. The molecular weight excluding hydrogens is 408 g/mol. The Balaban J connectivity index is 1.42. The van der Waals surface area contributed by atoms with Crippen LogP contribution in [0.4, 0.5) is 11.5 Å². The molecule has 0 saturated heterocycles. The summed E-state index contributed by atoms with van der Waals surface area (Å²) in [4.78, 5) is 18.1. The Bertz CT molecular complexity index is 1390. The lowest BCUT2D eigenvalue weighted by atomic mass is 10.0. The van der Waals surface area contributed by atoms with Crippen LogP contribution in [0.25, 0.3) is 33.4 Å². The Morgan fingerprint density at radius 2 is 1.64 bits per heavy atom. The van der Waals surface area contributed by atoms with Crippen LogP contribution in [-0.4, -0.2) is 32.5 Å². The highest BCUT2D eigenvalue weighted by atomic mass is 15.1. The molecule has 160 valence electrons. The Morgan fingerprint density at radius 1 is 0.818 bits per heavy atom. The van der Waals surface area contributed by atoms with Gasteiger partial charge in [0.15, 0.2) is 5.82 Å². The predicted molar refractivity (Wildman–Crippen MR) is 132 cm³/mol. The van der Waals surface area contributed by atoms with Gasteiger partial charge in [-0.2, -0.15) is 0 Å². The van der Waals surface area contributed by atoms with Crippen LogP contribution in [0.3, 0.4) is 0 Å². The minimum Gasteiger partial charge on any atom is -0.380 e. The number of rotatable bonds is 5. The molecule has 0 spiro atoms. The average molecular weight is 431 g/mol. The van der Waals surface area contributed by atoms with Crippen molar-refractivity contribution in [1.82, 2.24) is 19.9 Å². The van der Waals surface area contributed by atoms with Crippen LogP contribution >= 0.6 is 0 Å². The maximum atomic E-state index is 4.94. The molecule has 6 nitrogen and oxygen atoms in total. The van der Waals surface area contributed by atoms with E-state index in [2.05, 4.69) is 75.2 Å². The van der Waals surface area contributed by atoms with Crippen molar-refractivity contribution in [3.63, 3.8) is 0 Å². The molecule has 1 aliphatic heterocycles. The molecule has 0 aliphatic carbocycles. The van der Waals surface area contributed by atoms with Crippen molar-refractivity contribution in [3.05, 3.63) is 97.1 Å². The molecule has 0 amide bonds. The molecule has 1 aliphatic rings. The fourth-order valence-electron chi connectivity index (χ4n) is 4.43. The van der Waals surface area contributed by atoms with E-state index in [1.54, 1.807) is 12.4 Å². The highest BCUT2D eigenvalue weighted by Crippen LogP contribution is 2.34. The quantitative estimate of drug-likeness (QED) is 0.399. The number of nitrogens with one attached hydrogen (secondary N) is 2. The fourth-order valence-corrected chi connectivity index (χ4v) is 4.43. The second-order valence-corrected chi connectivity index (χ2v) is 8.17. The Labute approximate surface area is 191 Å². The number of fused-ring (bicyclic) bond motifs is 2. The summed E-state index contributed by atoms with van der Waals surface area (Å²) in [6, 6.07) is 25.3. The number of hydrogen-bond acceptors (Lipinski definition) is 6. The average Bonchev–Trinajstić information content (AvgIpc) is 3.31. The fraction of sp³-hybridized carbons (Fsp3) is 0.111. The second kappa shape index (κ2) is 8.31. The number of benzene rings is 3. The van der Waals surface area contributed by atoms with Gasteiger partial charge in [-0.05, 0) is 35.2 Å². The third-order valence-corrected chi connectivity index (χ3v) is 5.99. The summed E-state index contributed by atoms with van der Waals surface area (Å²) >= 11 is 0. The second-order valence-electron chi connectivity index (χ2n) is 8.17. The first-order valence-corrected chi connectivity index (χ1v) is 11.0. The van der Waals surface area contributed by atoms with Crippen LogP contribution in [-0.2, 0) is 6.42 Å². The van der Waals surface area contributed by atoms with Gasteiger partial charge in [0.1, 0.15) is 12.1 Å². The number of hydrogen-bond donors (Lipinski definition) is 2. The zero-order valence-electron chi connectivity index (χ0n) is 17.9. The van der Waals surface area contributed by atoms with Gasteiger partial charge in [0.25, 0.3) is 0 Å². The molecule has 2 aromatic heterocycles. The van der Waals surface area contributed by atoms with Gasteiger partial charge in [-0.3, -0.25) is 0 Å². The lowest BCUT2D eigenvalue weighted by Crippen LogP contribution is -2.26. The van der Waals surface area contributed by atoms with Gasteiger partial charge in [0.05, 0.1) is 16.5 Å². The minimum atomic E-state index is 0.291. The van der Waals surface area contributed by atoms with Crippen LogP contribution in [0.15, 0.2) is 91.5 Å². The van der Waals surface area contributed by atoms with Gasteiger partial charge in [0, 0.05) is 30.7 Å². The molecule has 1 unspecified atom stereocenters. The monoisotopic (exact) mass is 430 g/mol. The smallest absolute Gasteiger partial charge is 0.165 e. The molecule has 0 fully saturated rings. The molecule has 6 rings (SSSR count). The first kappa shape index (κ1) is 19.4. The van der Waals surface area contributed by atoms with E-state index in [1.807, 2.05) is 18.2 Å². The van der Waals surface area contributed by atoms with Crippen molar-refractivity contribution in [2.24, 2.45) is 0 Å². The van der Waals surface area contributed by atoms with Gasteiger partial charge in [0.2, 0.25) is 0 Å². The number of aromatic nitrogens is 4. The Hall–Kier alpha value is -4.32. The topological polar surface area (TPSA) is 75.6 Å². The van der Waals surface area contributed by atoms with Crippen LogP contribution in [0, 0.1) is 0 Å². The molecule has 5 aromatic rings. The van der Waals surface area contributed by atoms with Crippen LogP contribution in [0.1, 0.15) is 5.56 Å². The molecule has 6 heteroatoms. The molecule has 0 bridgehead atoms. The van der Waals surface area contributed by atoms with Gasteiger partial charge in [-0.15, -0.1) is 0 Å². The lowest BCUT2D eigenvalue weighted by molar-refractivity contribution is 0.785. The first-order chi connectivity index (χ1) is 16.3. The van der Waals surface area contributed by atoms with Gasteiger partial charge in [-0.25, -0.2) is 19.9 Å². The normalized spacial score (nSPS) is 14.6. The lowest BCUT2D eigenvalue weighted by Gasteiger charge is -2.17. The van der Waals surface area contributed by atoms with Gasteiger partial charge < -0.3 is 10.6 Å². The number of anilines is 2.